The van der Waals surface area contributed by atoms with Crippen molar-refractivity contribution in [1.82, 2.24) is 0 Å². The Kier molecular flexibility index (Phi) is 5.54. The fraction of sp³-hybridized carbons (Fsp3) is 0.300. The van der Waals surface area contributed by atoms with E-state index >= 15 is 0 Å². The summed E-state index contributed by atoms with van der Waals surface area (Å²) < 4.78 is 19.1. The van der Waals surface area contributed by atoms with Gasteiger partial charge in [0.15, 0.2) is 5.78 Å². The monoisotopic (exact) mass is 383 g/mol. The Bertz CT molecular complexity index is 962. The summed E-state index contributed by atoms with van der Waals surface area (Å²) in [6.45, 7) is 0.863. The van der Waals surface area contributed by atoms with Gasteiger partial charge in [-0.15, -0.1) is 0 Å². The normalized spacial score (nSPS) is 14.4. The number of ketones is 1. The SMILES string of the molecule is COc1ccc(C(=O)C2CCN(c3ccc(C#N)cc3[N+](=O)[O-])CC2)c(F)c1. The molecule has 0 spiro atoms. The minimum absolute atomic E-state index is 0.0311. The van der Waals surface area contributed by atoms with Gasteiger partial charge in [-0.2, -0.15) is 5.26 Å². The van der Waals surface area contributed by atoms with E-state index in [9.17, 15) is 19.3 Å². The summed E-state index contributed by atoms with van der Waals surface area (Å²) in [5.74, 6) is -0.891. The third kappa shape index (κ3) is 3.78. The van der Waals surface area contributed by atoms with Gasteiger partial charge in [0, 0.05) is 31.1 Å². The lowest BCUT2D eigenvalue weighted by atomic mass is 9.88. The van der Waals surface area contributed by atoms with Gasteiger partial charge < -0.3 is 9.64 Å². The molecule has 0 aliphatic carbocycles. The minimum atomic E-state index is -0.616. The molecule has 1 aliphatic rings. The maximum atomic E-state index is 14.2. The largest absolute Gasteiger partial charge is 0.497 e. The van der Waals surface area contributed by atoms with Crippen molar-refractivity contribution in [3.05, 3.63) is 63.5 Å². The average Bonchev–Trinajstić information content (AvgIpc) is 2.72. The lowest BCUT2D eigenvalue weighted by Gasteiger charge is -2.32. The fourth-order valence-corrected chi connectivity index (χ4v) is 3.43. The fourth-order valence-electron chi connectivity index (χ4n) is 3.43. The predicted molar refractivity (Wildman–Crippen MR) is 100 cm³/mol. The van der Waals surface area contributed by atoms with Crippen LogP contribution in [0.25, 0.3) is 0 Å². The van der Waals surface area contributed by atoms with Crippen molar-refractivity contribution in [2.24, 2.45) is 5.92 Å². The molecule has 0 unspecified atom stereocenters. The zero-order valence-electron chi connectivity index (χ0n) is 15.2. The molecule has 0 amide bonds. The van der Waals surface area contributed by atoms with E-state index in [-0.39, 0.29) is 28.5 Å². The highest BCUT2D eigenvalue weighted by atomic mass is 19.1. The van der Waals surface area contributed by atoms with Crippen molar-refractivity contribution < 1.29 is 18.8 Å². The number of rotatable bonds is 5. The summed E-state index contributed by atoms with van der Waals surface area (Å²) in [6.07, 6.45) is 0.920. The third-order valence-electron chi connectivity index (χ3n) is 4.95. The number of Topliss-reactive ketones (excluding diaryl/α,β-unsaturated/α-hetero) is 1. The van der Waals surface area contributed by atoms with Gasteiger partial charge in [0.05, 0.1) is 29.2 Å². The van der Waals surface area contributed by atoms with Crippen LogP contribution >= 0.6 is 0 Å². The molecule has 1 aliphatic heterocycles. The van der Waals surface area contributed by atoms with Crippen molar-refractivity contribution in [2.75, 3.05) is 25.1 Å². The summed E-state index contributed by atoms with van der Waals surface area (Å²) in [5.41, 5.74) is 0.537. The first-order valence-corrected chi connectivity index (χ1v) is 8.76. The van der Waals surface area contributed by atoms with Crippen molar-refractivity contribution >= 4 is 17.2 Å². The number of carbonyl (C=O) groups is 1. The number of nitriles is 1. The van der Waals surface area contributed by atoms with Crippen LogP contribution in [0.1, 0.15) is 28.8 Å². The molecule has 8 heteroatoms. The first kappa shape index (κ1) is 19.3. The highest BCUT2D eigenvalue weighted by Gasteiger charge is 2.30. The molecule has 0 N–H and O–H groups in total. The van der Waals surface area contributed by atoms with E-state index in [0.717, 1.165) is 0 Å². The van der Waals surface area contributed by atoms with Crippen molar-refractivity contribution in [1.29, 1.82) is 5.26 Å². The van der Waals surface area contributed by atoms with Crippen LogP contribution in [-0.2, 0) is 0 Å². The summed E-state index contributed by atoms with van der Waals surface area (Å²) in [7, 11) is 1.42. The van der Waals surface area contributed by atoms with Crippen molar-refractivity contribution in [3.63, 3.8) is 0 Å². The van der Waals surface area contributed by atoms with Crippen LogP contribution in [0.5, 0.6) is 5.75 Å². The topological polar surface area (TPSA) is 96.5 Å². The van der Waals surface area contributed by atoms with E-state index in [1.54, 1.807) is 12.1 Å². The Hall–Kier alpha value is -3.47. The van der Waals surface area contributed by atoms with Gasteiger partial charge >= 0.3 is 0 Å². The van der Waals surface area contributed by atoms with Crippen LogP contribution in [0.2, 0.25) is 0 Å². The van der Waals surface area contributed by atoms with Crippen LogP contribution in [0.15, 0.2) is 36.4 Å². The van der Waals surface area contributed by atoms with E-state index in [1.807, 2.05) is 11.0 Å². The molecule has 144 valence electrons. The van der Waals surface area contributed by atoms with Crippen molar-refractivity contribution in [2.45, 2.75) is 12.8 Å². The van der Waals surface area contributed by atoms with Crippen LogP contribution in [0.3, 0.4) is 0 Å². The second-order valence-electron chi connectivity index (χ2n) is 6.54. The van der Waals surface area contributed by atoms with Gasteiger partial charge in [-0.1, -0.05) is 0 Å². The molecular formula is C20H18FN3O4. The number of nitrogens with zero attached hydrogens (tertiary/aromatic N) is 3. The van der Waals surface area contributed by atoms with E-state index in [4.69, 9.17) is 10.00 Å². The van der Waals surface area contributed by atoms with E-state index in [2.05, 4.69) is 0 Å². The van der Waals surface area contributed by atoms with Crippen LogP contribution in [0.4, 0.5) is 15.8 Å². The zero-order valence-corrected chi connectivity index (χ0v) is 15.2. The third-order valence-corrected chi connectivity index (χ3v) is 4.95. The van der Waals surface area contributed by atoms with Crippen LogP contribution in [-0.4, -0.2) is 30.9 Å². The number of carbonyl (C=O) groups excluding carboxylic acids is 1. The first-order valence-electron chi connectivity index (χ1n) is 8.76. The van der Waals surface area contributed by atoms with Gasteiger partial charge in [0.1, 0.15) is 17.3 Å². The predicted octanol–water partition coefficient (Wildman–Crippen LogP) is 3.71. The number of piperidine rings is 1. The highest BCUT2D eigenvalue weighted by Crippen LogP contribution is 2.33. The molecule has 1 saturated heterocycles. The number of nitro benzene ring substituents is 1. The molecule has 0 bridgehead atoms. The lowest BCUT2D eigenvalue weighted by Crippen LogP contribution is -2.36. The summed E-state index contributed by atoms with van der Waals surface area (Å²) in [6, 6.07) is 10.4. The van der Waals surface area contributed by atoms with Gasteiger partial charge in [0.2, 0.25) is 0 Å². The molecule has 2 aromatic carbocycles. The average molecular weight is 383 g/mol. The quantitative estimate of drug-likeness (QED) is 0.444. The van der Waals surface area contributed by atoms with Crippen LogP contribution in [0, 0.1) is 33.2 Å². The van der Waals surface area contributed by atoms with E-state index < -0.39 is 10.7 Å². The number of ether oxygens (including phenoxy) is 1. The Balaban J connectivity index is 1.74. The molecule has 28 heavy (non-hydrogen) atoms. The van der Waals surface area contributed by atoms with Gasteiger partial charge in [-0.25, -0.2) is 4.39 Å². The Morgan fingerprint density at radius 2 is 2.00 bits per heavy atom. The minimum Gasteiger partial charge on any atom is -0.497 e. The summed E-state index contributed by atoms with van der Waals surface area (Å²) >= 11 is 0. The number of halogens is 1. The Labute approximate surface area is 161 Å². The first-order chi connectivity index (χ1) is 13.4. The molecule has 3 rings (SSSR count). The molecule has 2 aromatic rings. The number of hydrogen-bond acceptors (Lipinski definition) is 6. The van der Waals surface area contributed by atoms with E-state index in [1.165, 1.54) is 31.4 Å². The smallest absolute Gasteiger partial charge is 0.293 e. The number of benzene rings is 2. The van der Waals surface area contributed by atoms with E-state index in [0.29, 0.717) is 37.4 Å². The molecule has 0 aromatic heterocycles. The van der Waals surface area contributed by atoms with Crippen molar-refractivity contribution in [3.8, 4) is 11.8 Å². The summed E-state index contributed by atoms with van der Waals surface area (Å²) in [4.78, 5) is 25.3. The van der Waals surface area contributed by atoms with Gasteiger partial charge in [-0.05, 0) is 37.1 Å². The zero-order chi connectivity index (χ0) is 20.3. The number of anilines is 1. The number of methoxy groups -OCH3 is 1. The summed E-state index contributed by atoms with van der Waals surface area (Å²) in [5, 5.41) is 20.3. The molecule has 0 radical (unpaired) electrons. The molecule has 7 nitrogen and oxygen atoms in total. The second-order valence-corrected chi connectivity index (χ2v) is 6.54. The molecule has 1 heterocycles. The second kappa shape index (κ2) is 8.05. The molecule has 0 atom stereocenters. The Morgan fingerprint density at radius 3 is 2.57 bits per heavy atom. The standard InChI is InChI=1S/C20H18FN3O4/c1-28-15-3-4-16(17(21)11-15)20(25)14-6-8-23(9-7-14)18-5-2-13(12-22)10-19(18)24(26)27/h2-5,10-11,14H,6-9H2,1H3. The molecule has 1 fully saturated rings. The maximum absolute atomic E-state index is 14.2. The highest BCUT2D eigenvalue weighted by molar-refractivity contribution is 5.98. The number of nitro groups is 1. The van der Waals surface area contributed by atoms with Crippen LogP contribution < -0.4 is 9.64 Å². The molecular weight excluding hydrogens is 365 g/mol. The molecule has 0 saturated carbocycles. The van der Waals surface area contributed by atoms with Gasteiger partial charge in [0.25, 0.3) is 5.69 Å². The lowest BCUT2D eigenvalue weighted by molar-refractivity contribution is -0.384. The van der Waals surface area contributed by atoms with Gasteiger partial charge in [-0.3, -0.25) is 14.9 Å². The Morgan fingerprint density at radius 1 is 1.29 bits per heavy atom. The maximum Gasteiger partial charge on any atom is 0.293 e. The number of hydrogen-bond donors (Lipinski definition) is 0.